The summed E-state index contributed by atoms with van der Waals surface area (Å²) in [5.41, 5.74) is -0.0999. The molecule has 0 fully saturated rings. The molecule has 0 saturated carbocycles. The number of rotatable bonds is 3. The number of aliphatic hydroxyl groups is 1. The highest BCUT2D eigenvalue weighted by molar-refractivity contribution is 5.77. The molecular weight excluding hydrogens is 261 g/mol. The first-order chi connectivity index (χ1) is 8.74. The van der Waals surface area contributed by atoms with Crippen molar-refractivity contribution in [1.29, 1.82) is 0 Å². The molecule has 0 aromatic heterocycles. The van der Waals surface area contributed by atoms with E-state index in [-0.39, 0.29) is 12.8 Å². The summed E-state index contributed by atoms with van der Waals surface area (Å²) in [6.45, 7) is 0. The number of hydrogen-bond donors (Lipinski definition) is 2. The zero-order valence-corrected chi connectivity index (χ0v) is 9.94. The molecule has 0 radical (unpaired) electrons. The van der Waals surface area contributed by atoms with E-state index in [1.54, 1.807) is 24.3 Å². The lowest BCUT2D eigenvalue weighted by molar-refractivity contribution is -0.214. The Balaban J connectivity index is 2.26. The molecule has 3 nitrogen and oxygen atoms in total. The van der Waals surface area contributed by atoms with Crippen LogP contribution >= 0.6 is 0 Å². The maximum atomic E-state index is 12.4. The predicted octanol–water partition coefficient (Wildman–Crippen LogP) is 2.17. The zero-order valence-electron chi connectivity index (χ0n) is 9.94. The molecule has 1 aliphatic rings. The maximum absolute atomic E-state index is 12.4. The Morgan fingerprint density at radius 1 is 1.26 bits per heavy atom. The first-order valence-electron chi connectivity index (χ1n) is 5.79. The monoisotopic (exact) mass is 274 g/mol. The molecule has 1 aromatic rings. The first-order valence-corrected chi connectivity index (χ1v) is 5.79. The Hall–Kier alpha value is -1.56. The van der Waals surface area contributed by atoms with Gasteiger partial charge in [0.2, 0.25) is 0 Å². The van der Waals surface area contributed by atoms with Crippen LogP contribution in [0, 0.1) is 5.41 Å². The summed E-state index contributed by atoms with van der Waals surface area (Å²) in [5.74, 6) is -1.30. The number of carboxylic acids is 1. The number of halogens is 3. The number of benzene rings is 1. The molecule has 19 heavy (non-hydrogen) atoms. The van der Waals surface area contributed by atoms with Crippen molar-refractivity contribution in [3.63, 3.8) is 0 Å². The summed E-state index contributed by atoms with van der Waals surface area (Å²) in [6.07, 6.45) is -8.19. The van der Waals surface area contributed by atoms with Crippen molar-refractivity contribution in [2.45, 2.75) is 31.5 Å². The fourth-order valence-corrected chi connectivity index (χ4v) is 2.56. The van der Waals surface area contributed by atoms with Crippen LogP contribution in [-0.2, 0) is 17.6 Å². The number of aliphatic carboxylic acids is 1. The smallest absolute Gasteiger partial charge is 0.414 e. The molecule has 1 atom stereocenters. The van der Waals surface area contributed by atoms with Crippen LogP contribution in [0.15, 0.2) is 24.3 Å². The van der Waals surface area contributed by atoms with Crippen molar-refractivity contribution < 1.29 is 28.2 Å². The number of alkyl halides is 3. The fourth-order valence-electron chi connectivity index (χ4n) is 2.56. The van der Waals surface area contributed by atoms with E-state index in [9.17, 15) is 23.1 Å². The lowest BCUT2D eigenvalue weighted by atomic mass is 9.79. The normalized spacial score (nSPS) is 18.9. The SMILES string of the molecule is O=C(O)C1(CC(O)C(F)(F)F)Cc2ccccc2C1. The number of hydrogen-bond acceptors (Lipinski definition) is 2. The Labute approximate surface area is 107 Å². The number of aliphatic hydroxyl groups excluding tert-OH is 1. The third-order valence-corrected chi connectivity index (χ3v) is 3.59. The van der Waals surface area contributed by atoms with Gasteiger partial charge in [0.15, 0.2) is 6.10 Å². The van der Waals surface area contributed by atoms with Gasteiger partial charge in [0, 0.05) is 0 Å². The quantitative estimate of drug-likeness (QED) is 0.888. The van der Waals surface area contributed by atoms with Gasteiger partial charge in [0.1, 0.15) is 0 Å². The van der Waals surface area contributed by atoms with E-state index in [1.807, 2.05) is 0 Å². The third-order valence-electron chi connectivity index (χ3n) is 3.59. The maximum Gasteiger partial charge on any atom is 0.414 e. The van der Waals surface area contributed by atoms with Crippen LogP contribution in [0.5, 0.6) is 0 Å². The van der Waals surface area contributed by atoms with E-state index >= 15 is 0 Å². The fraction of sp³-hybridized carbons (Fsp3) is 0.462. The minimum absolute atomic E-state index is 0.0195. The second-order valence-electron chi connectivity index (χ2n) is 4.97. The van der Waals surface area contributed by atoms with E-state index in [0.29, 0.717) is 0 Å². The second kappa shape index (κ2) is 4.52. The molecule has 104 valence electrons. The molecule has 0 bridgehead atoms. The van der Waals surface area contributed by atoms with Crippen LogP contribution in [0.1, 0.15) is 17.5 Å². The Kier molecular flexibility index (Phi) is 3.30. The molecule has 6 heteroatoms. The van der Waals surface area contributed by atoms with Gasteiger partial charge in [-0.25, -0.2) is 0 Å². The van der Waals surface area contributed by atoms with E-state index in [2.05, 4.69) is 0 Å². The van der Waals surface area contributed by atoms with Crippen LogP contribution in [0.4, 0.5) is 13.2 Å². The lowest BCUT2D eigenvalue weighted by Crippen LogP contribution is -2.41. The number of fused-ring (bicyclic) bond motifs is 1. The predicted molar refractivity (Wildman–Crippen MR) is 60.6 cm³/mol. The summed E-state index contributed by atoms with van der Waals surface area (Å²) >= 11 is 0. The molecule has 1 aliphatic carbocycles. The zero-order chi connectivity index (χ0) is 14.3. The second-order valence-corrected chi connectivity index (χ2v) is 4.97. The summed E-state index contributed by atoms with van der Waals surface area (Å²) < 4.78 is 37.3. The Morgan fingerprint density at radius 2 is 1.74 bits per heavy atom. The highest BCUT2D eigenvalue weighted by Crippen LogP contribution is 2.42. The van der Waals surface area contributed by atoms with Gasteiger partial charge in [-0.3, -0.25) is 4.79 Å². The van der Waals surface area contributed by atoms with Gasteiger partial charge in [-0.1, -0.05) is 24.3 Å². The standard InChI is InChI=1S/C13H13F3O3/c14-13(15,16)10(17)7-12(11(18)19)5-8-3-1-2-4-9(8)6-12/h1-4,10,17H,5-7H2,(H,18,19). The van der Waals surface area contributed by atoms with E-state index in [4.69, 9.17) is 5.11 Å². The number of carbonyl (C=O) groups is 1. The van der Waals surface area contributed by atoms with Crippen molar-refractivity contribution in [2.75, 3.05) is 0 Å². The van der Waals surface area contributed by atoms with Gasteiger partial charge in [-0.2, -0.15) is 13.2 Å². The molecule has 0 spiro atoms. The third kappa shape index (κ3) is 2.58. The largest absolute Gasteiger partial charge is 0.481 e. The minimum atomic E-state index is -4.79. The van der Waals surface area contributed by atoms with Gasteiger partial charge in [0.25, 0.3) is 0 Å². The van der Waals surface area contributed by atoms with Gasteiger partial charge < -0.3 is 10.2 Å². The van der Waals surface area contributed by atoms with E-state index in [0.717, 1.165) is 11.1 Å². The molecule has 0 heterocycles. The molecule has 1 aromatic carbocycles. The highest BCUT2D eigenvalue weighted by Gasteiger charge is 2.50. The van der Waals surface area contributed by atoms with Crippen molar-refractivity contribution >= 4 is 5.97 Å². The summed E-state index contributed by atoms with van der Waals surface area (Å²) in [7, 11) is 0. The molecule has 1 unspecified atom stereocenters. The van der Waals surface area contributed by atoms with Crippen LogP contribution in [-0.4, -0.2) is 28.5 Å². The molecule has 0 amide bonds. The number of carboxylic acid groups (broad SMARTS) is 1. The summed E-state index contributed by atoms with van der Waals surface area (Å²) in [6, 6.07) is 6.86. The minimum Gasteiger partial charge on any atom is -0.481 e. The van der Waals surface area contributed by atoms with Gasteiger partial charge in [0.05, 0.1) is 5.41 Å². The van der Waals surface area contributed by atoms with E-state index < -0.39 is 30.1 Å². The first kappa shape index (κ1) is 13.9. The Morgan fingerprint density at radius 3 is 2.11 bits per heavy atom. The lowest BCUT2D eigenvalue weighted by Gasteiger charge is -2.27. The van der Waals surface area contributed by atoms with Crippen molar-refractivity contribution in [3.05, 3.63) is 35.4 Å². The van der Waals surface area contributed by atoms with Crippen molar-refractivity contribution in [1.82, 2.24) is 0 Å². The van der Waals surface area contributed by atoms with Crippen molar-refractivity contribution in [3.8, 4) is 0 Å². The molecule has 2 N–H and O–H groups in total. The highest BCUT2D eigenvalue weighted by atomic mass is 19.4. The van der Waals surface area contributed by atoms with Crippen LogP contribution in [0.25, 0.3) is 0 Å². The van der Waals surface area contributed by atoms with Gasteiger partial charge in [-0.15, -0.1) is 0 Å². The van der Waals surface area contributed by atoms with Crippen LogP contribution in [0.3, 0.4) is 0 Å². The van der Waals surface area contributed by atoms with Crippen LogP contribution < -0.4 is 0 Å². The average Bonchev–Trinajstić information content (AvgIpc) is 2.66. The van der Waals surface area contributed by atoms with Crippen LogP contribution in [0.2, 0.25) is 0 Å². The Bertz CT molecular complexity index is 471. The summed E-state index contributed by atoms with van der Waals surface area (Å²) in [5, 5.41) is 18.4. The molecular formula is C13H13F3O3. The topological polar surface area (TPSA) is 57.5 Å². The average molecular weight is 274 g/mol. The van der Waals surface area contributed by atoms with Gasteiger partial charge >= 0.3 is 12.1 Å². The van der Waals surface area contributed by atoms with E-state index in [1.165, 1.54) is 0 Å². The summed E-state index contributed by atoms with van der Waals surface area (Å²) in [4.78, 5) is 11.4. The molecule has 2 rings (SSSR count). The van der Waals surface area contributed by atoms with Gasteiger partial charge in [-0.05, 0) is 30.4 Å². The molecule has 0 aliphatic heterocycles. The molecule has 0 saturated heterocycles. The van der Waals surface area contributed by atoms with Crippen molar-refractivity contribution in [2.24, 2.45) is 5.41 Å².